The summed E-state index contributed by atoms with van der Waals surface area (Å²) in [6.45, 7) is 5.25. The molecule has 1 aliphatic heterocycles. The van der Waals surface area contributed by atoms with Gasteiger partial charge in [0.05, 0.1) is 12.0 Å². The first-order valence-corrected chi connectivity index (χ1v) is 11.2. The normalized spacial score (nSPS) is 15.3. The van der Waals surface area contributed by atoms with E-state index in [2.05, 4.69) is 0 Å². The molecule has 0 aliphatic carbocycles. The zero-order valence-corrected chi connectivity index (χ0v) is 18.0. The van der Waals surface area contributed by atoms with Crippen molar-refractivity contribution in [3.8, 4) is 5.75 Å². The van der Waals surface area contributed by atoms with E-state index in [-0.39, 0.29) is 5.91 Å². The first-order chi connectivity index (χ1) is 13.8. The molecule has 0 aromatic heterocycles. The number of carbonyl (C=O) groups is 1. The quantitative estimate of drug-likeness (QED) is 0.726. The van der Waals surface area contributed by atoms with E-state index in [0.29, 0.717) is 43.9 Å². The van der Waals surface area contributed by atoms with Crippen molar-refractivity contribution < 1.29 is 17.9 Å². The van der Waals surface area contributed by atoms with Gasteiger partial charge in [-0.05, 0) is 49.6 Å². The number of benzene rings is 2. The number of nitrogens with zero attached hydrogens (tertiary/aromatic N) is 2. The van der Waals surface area contributed by atoms with E-state index >= 15 is 0 Å². The molecule has 1 heterocycles. The molecular weight excluding hydrogens is 388 g/mol. The minimum absolute atomic E-state index is 0.0596. The molecule has 2 aromatic carbocycles. The minimum Gasteiger partial charge on any atom is -0.497 e. The Hall–Kier alpha value is -2.38. The summed E-state index contributed by atoms with van der Waals surface area (Å²) in [6.07, 6.45) is 1.07. The maximum absolute atomic E-state index is 13.0. The molecule has 0 bridgehead atoms. The van der Waals surface area contributed by atoms with E-state index in [1.165, 1.54) is 4.31 Å². The van der Waals surface area contributed by atoms with Crippen LogP contribution in [0.2, 0.25) is 0 Å². The molecular formula is C22H28N2O4S. The number of piperazine rings is 1. The SMILES string of the molecule is COc1ccc(CCC(=O)N2CCN(S(=O)(=O)c3ccc(C)cc3C)CC2)cc1. The number of methoxy groups -OCH3 is 1. The van der Waals surface area contributed by atoms with Crippen molar-refractivity contribution in [1.82, 2.24) is 9.21 Å². The van der Waals surface area contributed by atoms with Gasteiger partial charge in [0.1, 0.15) is 5.75 Å². The van der Waals surface area contributed by atoms with Gasteiger partial charge in [-0.2, -0.15) is 4.31 Å². The molecule has 0 saturated carbocycles. The molecule has 0 atom stereocenters. The molecule has 0 unspecified atom stereocenters. The number of amides is 1. The van der Waals surface area contributed by atoms with E-state index in [1.54, 1.807) is 18.1 Å². The number of sulfonamides is 1. The highest BCUT2D eigenvalue weighted by Crippen LogP contribution is 2.22. The van der Waals surface area contributed by atoms with Crippen LogP contribution in [0.5, 0.6) is 5.75 Å². The predicted molar refractivity (Wildman–Crippen MR) is 113 cm³/mol. The zero-order chi connectivity index (χ0) is 21.0. The molecule has 0 radical (unpaired) electrons. The molecule has 0 spiro atoms. The van der Waals surface area contributed by atoms with Gasteiger partial charge in [-0.25, -0.2) is 8.42 Å². The lowest BCUT2D eigenvalue weighted by Crippen LogP contribution is -2.50. The molecule has 29 heavy (non-hydrogen) atoms. The van der Waals surface area contributed by atoms with Crippen molar-refractivity contribution in [2.45, 2.75) is 31.6 Å². The summed E-state index contributed by atoms with van der Waals surface area (Å²) in [5.74, 6) is 0.852. The molecule has 1 saturated heterocycles. The van der Waals surface area contributed by atoms with Crippen LogP contribution in [0, 0.1) is 13.8 Å². The van der Waals surface area contributed by atoms with Gasteiger partial charge in [-0.15, -0.1) is 0 Å². The average Bonchev–Trinajstić information content (AvgIpc) is 2.72. The maximum Gasteiger partial charge on any atom is 0.243 e. The first-order valence-electron chi connectivity index (χ1n) is 9.79. The number of carbonyl (C=O) groups excluding carboxylic acids is 1. The van der Waals surface area contributed by atoms with Crippen LogP contribution < -0.4 is 4.74 Å². The van der Waals surface area contributed by atoms with Crippen molar-refractivity contribution >= 4 is 15.9 Å². The summed E-state index contributed by atoms with van der Waals surface area (Å²) in [4.78, 5) is 14.7. The highest BCUT2D eigenvalue weighted by molar-refractivity contribution is 7.89. The van der Waals surface area contributed by atoms with Crippen molar-refractivity contribution in [3.63, 3.8) is 0 Å². The molecule has 1 amide bonds. The molecule has 3 rings (SSSR count). The topological polar surface area (TPSA) is 66.9 Å². The monoisotopic (exact) mass is 416 g/mol. The standard InChI is InChI=1S/C22H28N2O4S/c1-17-4-10-21(18(2)16-17)29(26,27)24-14-12-23(13-15-24)22(25)11-7-19-5-8-20(28-3)9-6-19/h4-6,8-10,16H,7,11-15H2,1-3H3. The summed E-state index contributed by atoms with van der Waals surface area (Å²) >= 11 is 0. The van der Waals surface area contributed by atoms with E-state index in [4.69, 9.17) is 4.74 Å². The summed E-state index contributed by atoms with van der Waals surface area (Å²) in [7, 11) is -1.91. The number of ether oxygens (including phenoxy) is 1. The fourth-order valence-corrected chi connectivity index (χ4v) is 5.24. The second kappa shape index (κ2) is 8.97. The zero-order valence-electron chi connectivity index (χ0n) is 17.2. The number of aryl methyl sites for hydroxylation is 3. The third-order valence-electron chi connectivity index (χ3n) is 5.33. The second-order valence-electron chi connectivity index (χ2n) is 7.40. The van der Waals surface area contributed by atoms with E-state index < -0.39 is 10.0 Å². The van der Waals surface area contributed by atoms with Gasteiger partial charge in [0.2, 0.25) is 15.9 Å². The number of hydrogen-bond donors (Lipinski definition) is 0. The molecule has 7 heteroatoms. The van der Waals surface area contributed by atoms with Crippen LogP contribution in [-0.2, 0) is 21.2 Å². The summed E-state index contributed by atoms with van der Waals surface area (Å²) in [6, 6.07) is 13.1. The Balaban J connectivity index is 1.55. The van der Waals surface area contributed by atoms with Gasteiger partial charge in [0.15, 0.2) is 0 Å². The maximum atomic E-state index is 13.0. The van der Waals surface area contributed by atoms with Crippen LogP contribution in [0.1, 0.15) is 23.1 Å². The van der Waals surface area contributed by atoms with Gasteiger partial charge in [0, 0.05) is 32.6 Å². The Labute approximate surface area is 173 Å². The third kappa shape index (κ3) is 4.97. The Bertz CT molecular complexity index is 963. The van der Waals surface area contributed by atoms with Gasteiger partial charge < -0.3 is 9.64 Å². The van der Waals surface area contributed by atoms with E-state index in [9.17, 15) is 13.2 Å². The van der Waals surface area contributed by atoms with E-state index in [1.807, 2.05) is 50.2 Å². The van der Waals surface area contributed by atoms with Gasteiger partial charge in [0.25, 0.3) is 0 Å². The molecule has 0 N–H and O–H groups in total. The Morgan fingerprint density at radius 2 is 1.66 bits per heavy atom. The fraction of sp³-hybridized carbons (Fsp3) is 0.409. The van der Waals surface area contributed by atoms with Crippen LogP contribution in [-0.4, -0.2) is 56.8 Å². The minimum atomic E-state index is -3.54. The Morgan fingerprint density at radius 1 is 1.00 bits per heavy atom. The molecule has 6 nitrogen and oxygen atoms in total. The molecule has 1 aliphatic rings. The molecule has 156 valence electrons. The summed E-state index contributed by atoms with van der Waals surface area (Å²) < 4.78 is 32.6. The van der Waals surface area contributed by atoms with Gasteiger partial charge in [-0.1, -0.05) is 29.8 Å². The van der Waals surface area contributed by atoms with Crippen molar-refractivity contribution in [1.29, 1.82) is 0 Å². The van der Waals surface area contributed by atoms with Crippen LogP contribution in [0.3, 0.4) is 0 Å². The predicted octanol–water partition coefficient (Wildman–Crippen LogP) is 2.78. The average molecular weight is 417 g/mol. The molecule has 1 fully saturated rings. The Kier molecular flexibility index (Phi) is 6.59. The summed E-state index contributed by atoms with van der Waals surface area (Å²) in [5, 5.41) is 0. The lowest BCUT2D eigenvalue weighted by Gasteiger charge is -2.34. The van der Waals surface area contributed by atoms with Crippen LogP contribution in [0.15, 0.2) is 47.4 Å². The van der Waals surface area contributed by atoms with Crippen molar-refractivity contribution in [2.24, 2.45) is 0 Å². The van der Waals surface area contributed by atoms with Crippen molar-refractivity contribution in [3.05, 3.63) is 59.2 Å². The second-order valence-corrected chi connectivity index (χ2v) is 9.31. The highest BCUT2D eigenvalue weighted by Gasteiger charge is 2.30. The number of rotatable bonds is 6. The smallest absolute Gasteiger partial charge is 0.243 e. The van der Waals surface area contributed by atoms with Crippen molar-refractivity contribution in [2.75, 3.05) is 33.3 Å². The lowest BCUT2D eigenvalue weighted by atomic mass is 10.1. The van der Waals surface area contributed by atoms with Crippen LogP contribution in [0.4, 0.5) is 0 Å². The lowest BCUT2D eigenvalue weighted by molar-refractivity contribution is -0.132. The van der Waals surface area contributed by atoms with Gasteiger partial charge >= 0.3 is 0 Å². The largest absolute Gasteiger partial charge is 0.497 e. The van der Waals surface area contributed by atoms with Crippen LogP contribution >= 0.6 is 0 Å². The van der Waals surface area contributed by atoms with Crippen LogP contribution in [0.25, 0.3) is 0 Å². The Morgan fingerprint density at radius 3 is 2.24 bits per heavy atom. The first kappa shape index (κ1) is 21.3. The highest BCUT2D eigenvalue weighted by atomic mass is 32.2. The molecule has 2 aromatic rings. The number of hydrogen-bond acceptors (Lipinski definition) is 4. The third-order valence-corrected chi connectivity index (χ3v) is 7.39. The fourth-order valence-electron chi connectivity index (χ4n) is 3.61. The van der Waals surface area contributed by atoms with Gasteiger partial charge in [-0.3, -0.25) is 4.79 Å². The van der Waals surface area contributed by atoms with E-state index in [0.717, 1.165) is 22.4 Å². The summed E-state index contributed by atoms with van der Waals surface area (Å²) in [5.41, 5.74) is 2.87.